The van der Waals surface area contributed by atoms with Crippen molar-refractivity contribution < 1.29 is 0 Å². The van der Waals surface area contributed by atoms with Crippen molar-refractivity contribution in [3.63, 3.8) is 0 Å². The predicted octanol–water partition coefficient (Wildman–Crippen LogP) is 3.57. The fraction of sp³-hybridized carbons (Fsp3) is 0.214. The van der Waals surface area contributed by atoms with Gasteiger partial charge >= 0.3 is 0 Å². The Morgan fingerprint density at radius 2 is 1.94 bits per heavy atom. The third-order valence-electron chi connectivity index (χ3n) is 2.73. The number of nitrogen functional groups attached to an aromatic ring is 1. The van der Waals surface area contributed by atoms with Gasteiger partial charge in [0.05, 0.1) is 0 Å². The maximum Gasteiger partial charge on any atom is 0.123 e. The van der Waals surface area contributed by atoms with Gasteiger partial charge in [-0.25, -0.2) is 4.98 Å². The molecule has 0 atom stereocenters. The summed E-state index contributed by atoms with van der Waals surface area (Å²) in [6.45, 7) is 4.27. The van der Waals surface area contributed by atoms with Crippen LogP contribution in [-0.4, -0.2) is 4.98 Å². The topological polar surface area (TPSA) is 38.9 Å². The minimum Gasteiger partial charge on any atom is -0.384 e. The summed E-state index contributed by atoms with van der Waals surface area (Å²) in [6, 6.07) is 10.5. The molecule has 2 N–H and O–H groups in total. The fourth-order valence-corrected chi connectivity index (χ4v) is 2.49. The molecule has 88 valence electrons. The molecule has 0 saturated carbocycles. The Balaban J connectivity index is 2.05. The number of pyridine rings is 1. The smallest absolute Gasteiger partial charge is 0.123 e. The van der Waals surface area contributed by atoms with Gasteiger partial charge in [-0.2, -0.15) is 0 Å². The van der Waals surface area contributed by atoms with Crippen LogP contribution in [0, 0.1) is 13.8 Å². The van der Waals surface area contributed by atoms with E-state index in [0.717, 1.165) is 5.75 Å². The summed E-state index contributed by atoms with van der Waals surface area (Å²) in [5.74, 6) is 1.51. The minimum atomic E-state index is 0.586. The Morgan fingerprint density at radius 1 is 1.12 bits per heavy atom. The third kappa shape index (κ3) is 3.24. The van der Waals surface area contributed by atoms with Gasteiger partial charge in [0.2, 0.25) is 0 Å². The Labute approximate surface area is 106 Å². The van der Waals surface area contributed by atoms with E-state index in [4.69, 9.17) is 5.73 Å². The molecule has 0 aliphatic heterocycles. The van der Waals surface area contributed by atoms with Gasteiger partial charge in [-0.05, 0) is 54.8 Å². The first-order valence-corrected chi connectivity index (χ1v) is 6.54. The quantitative estimate of drug-likeness (QED) is 0.839. The van der Waals surface area contributed by atoms with E-state index in [1.165, 1.54) is 21.6 Å². The number of anilines is 1. The van der Waals surface area contributed by atoms with Gasteiger partial charge in [0.1, 0.15) is 5.82 Å². The molecule has 0 unspecified atom stereocenters. The first-order valence-electron chi connectivity index (χ1n) is 5.55. The van der Waals surface area contributed by atoms with Crippen LogP contribution >= 0.6 is 11.8 Å². The molecule has 0 aliphatic rings. The summed E-state index contributed by atoms with van der Waals surface area (Å²) in [5.41, 5.74) is 9.53. The summed E-state index contributed by atoms with van der Waals surface area (Å²) in [6.07, 6.45) is 1.76. The van der Waals surface area contributed by atoms with Crippen molar-refractivity contribution in [2.24, 2.45) is 0 Å². The van der Waals surface area contributed by atoms with Crippen molar-refractivity contribution in [1.82, 2.24) is 4.98 Å². The molecule has 0 radical (unpaired) electrons. The second-order valence-corrected chi connectivity index (χ2v) is 5.17. The molecule has 0 fully saturated rings. The summed E-state index contributed by atoms with van der Waals surface area (Å²) in [4.78, 5) is 5.28. The highest BCUT2D eigenvalue weighted by Crippen LogP contribution is 2.24. The number of aryl methyl sites for hydroxylation is 2. The van der Waals surface area contributed by atoms with Crippen molar-refractivity contribution in [2.45, 2.75) is 24.5 Å². The molecule has 2 nitrogen and oxygen atoms in total. The van der Waals surface area contributed by atoms with Crippen LogP contribution in [0.5, 0.6) is 0 Å². The molecule has 1 aromatic heterocycles. The maximum absolute atomic E-state index is 5.65. The highest BCUT2D eigenvalue weighted by atomic mass is 32.2. The van der Waals surface area contributed by atoms with Gasteiger partial charge < -0.3 is 5.73 Å². The number of nitrogens with two attached hydrogens (primary N) is 1. The Hall–Kier alpha value is -1.48. The van der Waals surface area contributed by atoms with Crippen molar-refractivity contribution in [2.75, 3.05) is 5.73 Å². The average Bonchev–Trinajstić information content (AvgIpc) is 2.31. The highest BCUT2D eigenvalue weighted by Gasteiger charge is 1.99. The first-order chi connectivity index (χ1) is 8.15. The van der Waals surface area contributed by atoms with Crippen LogP contribution < -0.4 is 5.73 Å². The van der Waals surface area contributed by atoms with Crippen LogP contribution in [0.3, 0.4) is 0 Å². The summed E-state index contributed by atoms with van der Waals surface area (Å²) < 4.78 is 0. The van der Waals surface area contributed by atoms with Crippen molar-refractivity contribution in [1.29, 1.82) is 0 Å². The van der Waals surface area contributed by atoms with Gasteiger partial charge in [-0.3, -0.25) is 0 Å². The van der Waals surface area contributed by atoms with Crippen LogP contribution in [0.2, 0.25) is 0 Å². The standard InChI is InChI=1S/C14H16N2S/c1-10-3-4-13(7-11(10)2)17-9-12-5-6-16-14(15)8-12/h3-8H,9H2,1-2H3,(H2,15,16). The van der Waals surface area contributed by atoms with E-state index in [1.54, 1.807) is 6.20 Å². The number of hydrogen-bond donors (Lipinski definition) is 1. The number of thioether (sulfide) groups is 1. The number of hydrogen-bond acceptors (Lipinski definition) is 3. The Kier molecular flexibility index (Phi) is 3.69. The minimum absolute atomic E-state index is 0.586. The molecule has 3 heteroatoms. The molecular formula is C14H16N2S. The molecule has 17 heavy (non-hydrogen) atoms. The second kappa shape index (κ2) is 5.23. The third-order valence-corrected chi connectivity index (χ3v) is 3.79. The van der Waals surface area contributed by atoms with Gasteiger partial charge in [-0.1, -0.05) is 6.07 Å². The van der Waals surface area contributed by atoms with Crippen molar-refractivity contribution >= 4 is 17.6 Å². The number of aromatic nitrogens is 1. The molecule has 0 aliphatic carbocycles. The van der Waals surface area contributed by atoms with Crippen molar-refractivity contribution in [3.8, 4) is 0 Å². The predicted molar refractivity (Wildman–Crippen MR) is 74.1 cm³/mol. The lowest BCUT2D eigenvalue weighted by Crippen LogP contribution is -1.91. The number of rotatable bonds is 3. The van der Waals surface area contributed by atoms with Gasteiger partial charge in [0.25, 0.3) is 0 Å². The summed E-state index contributed by atoms with van der Waals surface area (Å²) >= 11 is 1.82. The lowest BCUT2D eigenvalue weighted by molar-refractivity contribution is 1.26. The van der Waals surface area contributed by atoms with E-state index in [2.05, 4.69) is 37.0 Å². The van der Waals surface area contributed by atoms with E-state index < -0.39 is 0 Å². The lowest BCUT2D eigenvalue weighted by atomic mass is 10.1. The zero-order chi connectivity index (χ0) is 12.3. The molecule has 2 aromatic rings. The normalized spacial score (nSPS) is 10.5. The van der Waals surface area contributed by atoms with E-state index in [0.29, 0.717) is 5.82 Å². The molecule has 2 rings (SSSR count). The van der Waals surface area contributed by atoms with Gasteiger partial charge in [0.15, 0.2) is 0 Å². The molecule has 0 saturated heterocycles. The number of benzene rings is 1. The van der Waals surface area contributed by atoms with Crippen molar-refractivity contribution in [3.05, 3.63) is 53.2 Å². The first kappa shape index (κ1) is 12.0. The monoisotopic (exact) mass is 244 g/mol. The van der Waals surface area contributed by atoms with E-state index in [-0.39, 0.29) is 0 Å². The molecular weight excluding hydrogens is 228 g/mol. The molecule has 1 aromatic carbocycles. The van der Waals surface area contributed by atoms with Gasteiger partial charge in [-0.15, -0.1) is 11.8 Å². The lowest BCUT2D eigenvalue weighted by Gasteiger charge is -2.05. The Morgan fingerprint density at radius 3 is 2.65 bits per heavy atom. The Bertz CT molecular complexity index is 523. The molecule has 1 heterocycles. The van der Waals surface area contributed by atoms with Gasteiger partial charge in [0, 0.05) is 16.8 Å². The SMILES string of the molecule is Cc1ccc(SCc2ccnc(N)c2)cc1C. The summed E-state index contributed by atoms with van der Waals surface area (Å²) in [7, 11) is 0. The maximum atomic E-state index is 5.65. The fourth-order valence-electron chi connectivity index (χ4n) is 1.55. The molecule has 0 spiro atoms. The van der Waals surface area contributed by atoms with Crippen LogP contribution in [0.25, 0.3) is 0 Å². The van der Waals surface area contributed by atoms with E-state index >= 15 is 0 Å². The number of nitrogens with zero attached hydrogens (tertiary/aromatic N) is 1. The van der Waals surface area contributed by atoms with Crippen LogP contribution in [-0.2, 0) is 5.75 Å². The molecule has 0 amide bonds. The molecule has 0 bridgehead atoms. The average molecular weight is 244 g/mol. The zero-order valence-corrected chi connectivity index (χ0v) is 10.9. The van der Waals surface area contributed by atoms with Crippen LogP contribution in [0.4, 0.5) is 5.82 Å². The second-order valence-electron chi connectivity index (χ2n) is 4.12. The van der Waals surface area contributed by atoms with E-state index in [1.807, 2.05) is 23.9 Å². The zero-order valence-electron chi connectivity index (χ0n) is 10.1. The van der Waals surface area contributed by atoms with Crippen LogP contribution in [0.15, 0.2) is 41.4 Å². The largest absolute Gasteiger partial charge is 0.384 e. The highest BCUT2D eigenvalue weighted by molar-refractivity contribution is 7.98. The summed E-state index contributed by atoms with van der Waals surface area (Å²) in [5, 5.41) is 0. The van der Waals surface area contributed by atoms with E-state index in [9.17, 15) is 0 Å². The van der Waals surface area contributed by atoms with Crippen LogP contribution in [0.1, 0.15) is 16.7 Å².